The number of esters is 4. The van der Waals surface area contributed by atoms with Crippen molar-refractivity contribution < 1.29 is 47.6 Å². The van der Waals surface area contributed by atoms with Crippen molar-refractivity contribution in [1.82, 2.24) is 0 Å². The average Bonchev–Trinajstić information content (AvgIpc) is 2.94. The fourth-order valence-electron chi connectivity index (χ4n) is 3.83. The van der Waals surface area contributed by atoms with E-state index >= 15 is 0 Å². The number of methoxy groups -OCH3 is 1. The fourth-order valence-corrected chi connectivity index (χ4v) is 3.83. The summed E-state index contributed by atoms with van der Waals surface area (Å²) in [7, 11) is 1.59. The number of benzene rings is 1. The molecular formula is C36H53NO10. The monoisotopic (exact) mass is 659 g/mol. The Morgan fingerprint density at radius 1 is 0.681 bits per heavy atom. The van der Waals surface area contributed by atoms with Crippen LogP contribution in [-0.2, 0) is 42.9 Å². The summed E-state index contributed by atoms with van der Waals surface area (Å²) in [4.78, 5) is 57.3. The summed E-state index contributed by atoms with van der Waals surface area (Å²) in [5.74, 6) is -1.68. The maximum atomic E-state index is 13.4. The Balaban J connectivity index is 2.66. The van der Waals surface area contributed by atoms with Gasteiger partial charge in [0.1, 0.15) is 18.5 Å². The van der Waals surface area contributed by atoms with Crippen LogP contribution >= 0.6 is 0 Å². The molecule has 11 nitrogen and oxygen atoms in total. The summed E-state index contributed by atoms with van der Waals surface area (Å²) in [6.07, 6.45) is -1.44. The van der Waals surface area contributed by atoms with Gasteiger partial charge in [0.25, 0.3) is 0 Å². The highest BCUT2D eigenvalue weighted by atomic mass is 16.7. The van der Waals surface area contributed by atoms with Crippen molar-refractivity contribution in [3.05, 3.63) is 35.9 Å². The van der Waals surface area contributed by atoms with Gasteiger partial charge in [-0.3, -0.25) is 24.2 Å². The van der Waals surface area contributed by atoms with Crippen LogP contribution in [-0.4, -0.2) is 74.5 Å². The van der Waals surface area contributed by atoms with Crippen LogP contribution in [0.4, 0.5) is 0 Å². The summed E-state index contributed by atoms with van der Waals surface area (Å²) < 4.78 is 35.1. The van der Waals surface area contributed by atoms with E-state index in [4.69, 9.17) is 28.4 Å². The number of rotatable bonds is 9. The summed E-state index contributed by atoms with van der Waals surface area (Å²) in [6.45, 7) is 19.8. The number of hydrogen-bond donors (Lipinski definition) is 0. The Morgan fingerprint density at radius 2 is 1.13 bits per heavy atom. The van der Waals surface area contributed by atoms with Gasteiger partial charge in [-0.2, -0.15) is 0 Å². The molecule has 0 bridgehead atoms. The Hall–Kier alpha value is -3.73. The van der Waals surface area contributed by atoms with Crippen molar-refractivity contribution in [2.75, 3.05) is 13.7 Å². The van der Waals surface area contributed by atoms with Crippen LogP contribution in [0.15, 0.2) is 35.3 Å². The van der Waals surface area contributed by atoms with Crippen molar-refractivity contribution >= 4 is 36.2 Å². The van der Waals surface area contributed by atoms with Crippen LogP contribution in [0.2, 0.25) is 0 Å². The van der Waals surface area contributed by atoms with E-state index in [1.807, 2.05) is 24.3 Å². The van der Waals surface area contributed by atoms with E-state index in [-0.39, 0.29) is 6.61 Å². The van der Waals surface area contributed by atoms with Gasteiger partial charge in [-0.1, -0.05) is 18.2 Å². The quantitative estimate of drug-likeness (QED) is 0.177. The number of carbonyl (C=O) groups is 4. The Morgan fingerprint density at radius 3 is 1.57 bits per heavy atom. The lowest BCUT2D eigenvalue weighted by molar-refractivity contribution is -0.258. The first kappa shape index (κ1) is 39.4. The molecule has 0 radical (unpaired) electrons. The number of aliphatic imine (C=N–C) groups is 1. The molecule has 1 aliphatic heterocycles. The van der Waals surface area contributed by atoms with Crippen molar-refractivity contribution in [3.8, 4) is 5.75 Å². The molecule has 0 amide bonds. The van der Waals surface area contributed by atoms with E-state index in [0.29, 0.717) is 5.75 Å². The molecule has 11 heteroatoms. The number of hydrogen-bond acceptors (Lipinski definition) is 11. The minimum Gasteiger partial charge on any atom is -0.497 e. The zero-order valence-electron chi connectivity index (χ0n) is 30.2. The van der Waals surface area contributed by atoms with E-state index in [1.165, 1.54) is 6.21 Å². The van der Waals surface area contributed by atoms with Gasteiger partial charge in [0.05, 0.1) is 28.8 Å². The van der Waals surface area contributed by atoms with Gasteiger partial charge >= 0.3 is 23.9 Å². The smallest absolute Gasteiger partial charge is 0.311 e. The second-order valence-corrected chi connectivity index (χ2v) is 15.7. The Kier molecular flexibility index (Phi) is 13.0. The van der Waals surface area contributed by atoms with E-state index in [9.17, 15) is 19.2 Å². The van der Waals surface area contributed by atoms with Crippen LogP contribution < -0.4 is 4.74 Å². The lowest BCUT2D eigenvalue weighted by atomic mass is 9.92. The molecule has 0 saturated carbocycles. The maximum Gasteiger partial charge on any atom is 0.311 e. The van der Waals surface area contributed by atoms with Gasteiger partial charge < -0.3 is 28.4 Å². The first-order valence-electron chi connectivity index (χ1n) is 15.7. The predicted molar refractivity (Wildman–Crippen MR) is 178 cm³/mol. The molecule has 262 valence electrons. The summed E-state index contributed by atoms with van der Waals surface area (Å²) in [6, 6.07) is 7.37. The molecule has 1 aromatic carbocycles. The lowest BCUT2D eigenvalue weighted by Gasteiger charge is -2.45. The van der Waals surface area contributed by atoms with Gasteiger partial charge in [0, 0.05) is 6.21 Å². The number of carbonyl (C=O) groups excluding carboxylic acids is 4. The van der Waals surface area contributed by atoms with Gasteiger partial charge in [-0.15, -0.1) is 0 Å². The van der Waals surface area contributed by atoms with Gasteiger partial charge in [0.2, 0.25) is 0 Å². The topological polar surface area (TPSA) is 136 Å². The van der Waals surface area contributed by atoms with Crippen molar-refractivity contribution in [3.63, 3.8) is 0 Å². The molecular weight excluding hydrogens is 606 g/mol. The molecule has 1 heterocycles. The number of ether oxygens (including phenoxy) is 6. The zero-order chi connectivity index (χ0) is 36.0. The van der Waals surface area contributed by atoms with Gasteiger partial charge in [-0.05, 0) is 107 Å². The third-order valence-corrected chi connectivity index (χ3v) is 6.89. The van der Waals surface area contributed by atoms with E-state index in [1.54, 1.807) is 102 Å². The van der Waals surface area contributed by atoms with Crippen molar-refractivity contribution in [1.29, 1.82) is 0 Å². The van der Waals surface area contributed by atoms with Crippen LogP contribution in [0.1, 0.15) is 88.6 Å². The highest BCUT2D eigenvalue weighted by molar-refractivity contribution is 5.79. The highest BCUT2D eigenvalue weighted by Crippen LogP contribution is 2.34. The van der Waals surface area contributed by atoms with Crippen LogP contribution in [0, 0.1) is 21.7 Å². The molecule has 1 aliphatic rings. The second kappa shape index (κ2) is 15.4. The minimum absolute atomic E-state index is 0.352. The third-order valence-electron chi connectivity index (χ3n) is 6.89. The standard InChI is InChI=1S/C36H53NO10/c1-33(2,3)29(38)43-21-24-25(45-30(39)34(4,5)6)26(46-31(40)35(7,8)9)27(47-32(41)36(10,11)12)28(44-24)37-20-14-15-22-16-18-23(42-13)19-17-22/h14-20,24-28H,21H2,1-13H3/b15-14+,37-20?/t24?,25-,26-,27?,28-/m1/s1. The summed E-state index contributed by atoms with van der Waals surface area (Å²) >= 11 is 0. The van der Waals surface area contributed by atoms with Gasteiger partial charge in [0.15, 0.2) is 24.5 Å². The zero-order valence-corrected chi connectivity index (χ0v) is 30.2. The molecule has 2 unspecified atom stereocenters. The Bertz CT molecular complexity index is 1300. The molecule has 1 fully saturated rings. The molecule has 1 saturated heterocycles. The fraction of sp³-hybridized carbons (Fsp3) is 0.639. The molecule has 1 aromatic rings. The molecule has 0 aromatic heterocycles. The SMILES string of the molecule is COc1ccc(/C=C/C=N[C@@H]2OC(COC(=O)C(C)(C)C)[C@@H](OC(=O)C(C)(C)C)[C@@H](OC(=O)C(C)(C)C)C2OC(=O)C(C)(C)C)cc1. The molecule has 0 aliphatic carbocycles. The molecule has 0 spiro atoms. The molecule has 47 heavy (non-hydrogen) atoms. The lowest BCUT2D eigenvalue weighted by Crippen LogP contribution is -2.63. The minimum atomic E-state index is -1.36. The van der Waals surface area contributed by atoms with Crippen LogP contribution in [0.25, 0.3) is 6.08 Å². The van der Waals surface area contributed by atoms with E-state index in [2.05, 4.69) is 4.99 Å². The summed E-state index contributed by atoms with van der Waals surface area (Å²) in [5.41, 5.74) is -2.83. The van der Waals surface area contributed by atoms with Crippen molar-refractivity contribution in [2.45, 2.75) is 114 Å². The van der Waals surface area contributed by atoms with Crippen molar-refractivity contribution in [2.24, 2.45) is 26.7 Å². The van der Waals surface area contributed by atoms with Crippen LogP contribution in [0.3, 0.4) is 0 Å². The highest BCUT2D eigenvalue weighted by Gasteiger charge is 2.54. The molecule has 0 N–H and O–H groups in total. The normalized spacial score (nSPS) is 22.5. The predicted octanol–water partition coefficient (Wildman–Crippen LogP) is 5.97. The molecule has 2 rings (SSSR count). The number of allylic oxidation sites excluding steroid dienone is 1. The average molecular weight is 660 g/mol. The van der Waals surface area contributed by atoms with Crippen LogP contribution in [0.5, 0.6) is 5.75 Å². The number of nitrogens with zero attached hydrogens (tertiary/aromatic N) is 1. The molecule has 5 atom stereocenters. The Labute approximate surface area is 279 Å². The largest absolute Gasteiger partial charge is 0.497 e. The first-order valence-corrected chi connectivity index (χ1v) is 15.7. The third kappa shape index (κ3) is 11.8. The van der Waals surface area contributed by atoms with E-state index < -0.39 is 76.2 Å². The van der Waals surface area contributed by atoms with Gasteiger partial charge in [-0.25, -0.2) is 0 Å². The second-order valence-electron chi connectivity index (χ2n) is 15.7. The van der Waals surface area contributed by atoms with E-state index in [0.717, 1.165) is 5.56 Å². The first-order chi connectivity index (χ1) is 21.4. The maximum absolute atomic E-state index is 13.4. The summed E-state index contributed by atoms with van der Waals surface area (Å²) in [5, 5.41) is 0.